The zero-order valence-electron chi connectivity index (χ0n) is 20.9. The van der Waals surface area contributed by atoms with Crippen molar-refractivity contribution < 1.29 is 4.74 Å². The van der Waals surface area contributed by atoms with Crippen molar-refractivity contribution in [3.63, 3.8) is 0 Å². The number of hydrogen-bond donors (Lipinski definition) is 0. The van der Waals surface area contributed by atoms with Gasteiger partial charge in [-0.2, -0.15) is 0 Å². The maximum Gasteiger partial charge on any atom is 0.0651 e. The smallest absolute Gasteiger partial charge is 0.0651 e. The highest BCUT2D eigenvalue weighted by molar-refractivity contribution is 4.85. The average Bonchev–Trinajstić information content (AvgIpc) is 2.82. The number of rotatable bonds is 16. The molecule has 0 spiro atoms. The lowest BCUT2D eigenvalue weighted by Gasteiger charge is -2.34. The zero-order valence-corrected chi connectivity index (χ0v) is 20.9. The predicted molar refractivity (Wildman–Crippen MR) is 136 cm³/mol. The van der Waals surface area contributed by atoms with Crippen molar-refractivity contribution in [2.75, 3.05) is 39.4 Å². The summed E-state index contributed by atoms with van der Waals surface area (Å²) in [6.07, 6.45) is 28.1. The molecule has 0 aliphatic carbocycles. The quantitative estimate of drug-likeness (QED) is 0.193. The van der Waals surface area contributed by atoms with E-state index in [0.29, 0.717) is 0 Å². The Bertz CT molecular complexity index is 434. The number of hydrogen-bond acceptors (Lipinski definition) is 3. The molecule has 0 bridgehead atoms. The Labute approximate surface area is 194 Å². The fraction of sp³-hybridized carbons (Fsp3) is 0.857. The highest BCUT2D eigenvalue weighted by Gasteiger charge is 2.20. The molecule has 2 aliphatic rings. The number of nitrogens with zero attached hydrogens (tertiary/aromatic N) is 2. The number of likely N-dealkylation sites (tertiary alicyclic amines) is 2. The fourth-order valence-electron chi connectivity index (χ4n) is 5.47. The second kappa shape index (κ2) is 17.9. The van der Waals surface area contributed by atoms with E-state index in [-0.39, 0.29) is 0 Å². The SMILES string of the molecule is CCN1CCCCC1CCCCC=CCOCC=CCCCCC1CCCCN1CC. The van der Waals surface area contributed by atoms with Gasteiger partial charge in [0, 0.05) is 12.1 Å². The Morgan fingerprint density at radius 1 is 0.645 bits per heavy atom. The van der Waals surface area contributed by atoms with Gasteiger partial charge in [-0.3, -0.25) is 0 Å². The molecule has 0 amide bonds. The summed E-state index contributed by atoms with van der Waals surface area (Å²) in [5.74, 6) is 0. The molecular formula is C28H52N2O. The molecule has 2 saturated heterocycles. The summed E-state index contributed by atoms with van der Waals surface area (Å²) in [6, 6.07) is 1.72. The van der Waals surface area contributed by atoms with E-state index in [1.807, 2.05) is 0 Å². The van der Waals surface area contributed by atoms with Crippen molar-refractivity contribution in [1.82, 2.24) is 9.80 Å². The minimum absolute atomic E-state index is 0.755. The van der Waals surface area contributed by atoms with Crippen molar-refractivity contribution in [2.45, 2.75) is 116 Å². The standard InChI is InChI=1S/C28H52N2O/c1-3-29-23-15-13-21-27(29)19-11-7-5-9-17-25-31-26-18-10-6-8-12-20-28-22-14-16-24-30(28)4-2/h9-10,17-18,27-28H,3-8,11-16,19-26H2,1-2H3. The zero-order chi connectivity index (χ0) is 22.0. The van der Waals surface area contributed by atoms with Crippen LogP contribution in [0.25, 0.3) is 0 Å². The lowest BCUT2D eigenvalue weighted by molar-refractivity contribution is 0.145. The van der Waals surface area contributed by atoms with Crippen LogP contribution in [0.2, 0.25) is 0 Å². The van der Waals surface area contributed by atoms with Gasteiger partial charge < -0.3 is 14.5 Å². The van der Waals surface area contributed by atoms with Gasteiger partial charge in [0.15, 0.2) is 0 Å². The van der Waals surface area contributed by atoms with Crippen LogP contribution in [0.5, 0.6) is 0 Å². The largest absolute Gasteiger partial charge is 0.373 e. The normalized spacial score (nSPS) is 23.9. The molecule has 0 aromatic heterocycles. The van der Waals surface area contributed by atoms with Gasteiger partial charge >= 0.3 is 0 Å². The van der Waals surface area contributed by atoms with Gasteiger partial charge in [0.25, 0.3) is 0 Å². The van der Waals surface area contributed by atoms with Crippen LogP contribution in [0.4, 0.5) is 0 Å². The van der Waals surface area contributed by atoms with E-state index in [9.17, 15) is 0 Å². The molecule has 2 atom stereocenters. The van der Waals surface area contributed by atoms with Gasteiger partial charge in [0.05, 0.1) is 13.2 Å². The highest BCUT2D eigenvalue weighted by Crippen LogP contribution is 2.22. The fourth-order valence-corrected chi connectivity index (χ4v) is 5.47. The van der Waals surface area contributed by atoms with E-state index in [0.717, 1.165) is 25.3 Å². The molecule has 2 unspecified atom stereocenters. The first-order valence-corrected chi connectivity index (χ1v) is 13.7. The van der Waals surface area contributed by atoms with Gasteiger partial charge in [-0.05, 0) is 90.4 Å². The third-order valence-corrected chi connectivity index (χ3v) is 7.39. The van der Waals surface area contributed by atoms with Crippen LogP contribution in [0, 0.1) is 0 Å². The first-order chi connectivity index (χ1) is 15.3. The molecule has 3 nitrogen and oxygen atoms in total. The minimum atomic E-state index is 0.755. The summed E-state index contributed by atoms with van der Waals surface area (Å²) < 4.78 is 5.71. The molecule has 2 heterocycles. The second-order valence-electron chi connectivity index (χ2n) is 9.61. The lowest BCUT2D eigenvalue weighted by Crippen LogP contribution is -2.39. The first-order valence-electron chi connectivity index (χ1n) is 13.7. The van der Waals surface area contributed by atoms with E-state index in [1.165, 1.54) is 116 Å². The van der Waals surface area contributed by atoms with Gasteiger partial charge in [0.1, 0.15) is 0 Å². The summed E-state index contributed by atoms with van der Waals surface area (Å²) in [7, 11) is 0. The Hall–Kier alpha value is -0.640. The third kappa shape index (κ3) is 11.7. The van der Waals surface area contributed by atoms with Crippen molar-refractivity contribution in [2.24, 2.45) is 0 Å². The molecule has 2 fully saturated rings. The Morgan fingerprint density at radius 2 is 1.13 bits per heavy atom. The Morgan fingerprint density at radius 3 is 1.58 bits per heavy atom. The monoisotopic (exact) mass is 432 g/mol. The number of unbranched alkanes of at least 4 members (excludes halogenated alkanes) is 4. The summed E-state index contributed by atoms with van der Waals surface area (Å²) in [4.78, 5) is 5.38. The van der Waals surface area contributed by atoms with Gasteiger partial charge in [-0.1, -0.05) is 63.8 Å². The van der Waals surface area contributed by atoms with Crippen molar-refractivity contribution in [3.8, 4) is 0 Å². The lowest BCUT2D eigenvalue weighted by atomic mass is 9.97. The first kappa shape index (κ1) is 26.6. The van der Waals surface area contributed by atoms with Crippen LogP contribution in [-0.4, -0.2) is 61.3 Å². The van der Waals surface area contributed by atoms with E-state index < -0.39 is 0 Å². The molecule has 0 aromatic carbocycles. The molecule has 180 valence electrons. The van der Waals surface area contributed by atoms with E-state index in [2.05, 4.69) is 48.0 Å². The highest BCUT2D eigenvalue weighted by atomic mass is 16.5. The van der Waals surface area contributed by atoms with Crippen LogP contribution in [0.3, 0.4) is 0 Å². The molecular weight excluding hydrogens is 380 g/mol. The predicted octanol–water partition coefficient (Wildman–Crippen LogP) is 6.99. The second-order valence-corrected chi connectivity index (χ2v) is 9.61. The van der Waals surface area contributed by atoms with Crippen molar-refractivity contribution >= 4 is 0 Å². The van der Waals surface area contributed by atoms with E-state index in [4.69, 9.17) is 4.74 Å². The van der Waals surface area contributed by atoms with Crippen molar-refractivity contribution in [1.29, 1.82) is 0 Å². The van der Waals surface area contributed by atoms with E-state index >= 15 is 0 Å². The van der Waals surface area contributed by atoms with Crippen LogP contribution in [0.1, 0.15) is 104 Å². The molecule has 0 saturated carbocycles. The molecule has 0 aromatic rings. The summed E-state index contributed by atoms with van der Waals surface area (Å²) in [5.41, 5.74) is 0. The topological polar surface area (TPSA) is 15.7 Å². The Kier molecular flexibility index (Phi) is 15.3. The average molecular weight is 433 g/mol. The summed E-state index contributed by atoms with van der Waals surface area (Å²) in [5, 5.41) is 0. The number of piperidine rings is 2. The number of allylic oxidation sites excluding steroid dienone is 2. The molecule has 2 rings (SSSR count). The minimum Gasteiger partial charge on any atom is -0.373 e. The van der Waals surface area contributed by atoms with E-state index in [1.54, 1.807) is 0 Å². The van der Waals surface area contributed by atoms with Crippen LogP contribution >= 0.6 is 0 Å². The van der Waals surface area contributed by atoms with Gasteiger partial charge in [-0.25, -0.2) is 0 Å². The van der Waals surface area contributed by atoms with Crippen LogP contribution < -0.4 is 0 Å². The molecule has 31 heavy (non-hydrogen) atoms. The summed E-state index contributed by atoms with van der Waals surface area (Å²) >= 11 is 0. The molecule has 3 heteroatoms. The molecule has 0 N–H and O–H groups in total. The maximum atomic E-state index is 5.71. The van der Waals surface area contributed by atoms with Gasteiger partial charge in [0.2, 0.25) is 0 Å². The Balaban J connectivity index is 1.36. The van der Waals surface area contributed by atoms with Gasteiger partial charge in [-0.15, -0.1) is 0 Å². The number of ether oxygens (including phenoxy) is 1. The maximum absolute atomic E-state index is 5.71. The van der Waals surface area contributed by atoms with Crippen LogP contribution in [-0.2, 0) is 4.74 Å². The van der Waals surface area contributed by atoms with Crippen molar-refractivity contribution in [3.05, 3.63) is 24.3 Å². The third-order valence-electron chi connectivity index (χ3n) is 7.39. The molecule has 0 radical (unpaired) electrons. The summed E-state index contributed by atoms with van der Waals surface area (Å²) in [6.45, 7) is 11.2. The molecule has 2 aliphatic heterocycles. The van der Waals surface area contributed by atoms with Crippen LogP contribution in [0.15, 0.2) is 24.3 Å².